The molecule has 0 saturated heterocycles. The topological polar surface area (TPSA) is 76.0 Å². The van der Waals surface area contributed by atoms with E-state index in [4.69, 9.17) is 0 Å². The van der Waals surface area contributed by atoms with Gasteiger partial charge in [-0.1, -0.05) is 0 Å². The summed E-state index contributed by atoms with van der Waals surface area (Å²) in [5.74, 6) is 0. The number of nitrogens with zero attached hydrogens (tertiary/aromatic N) is 2. The van der Waals surface area contributed by atoms with E-state index < -0.39 is 23.0 Å². The summed E-state index contributed by atoms with van der Waals surface area (Å²) in [5.41, 5.74) is 0. The van der Waals surface area contributed by atoms with Gasteiger partial charge in [0.2, 0.25) is 10.0 Å². The molecule has 1 heterocycles. The van der Waals surface area contributed by atoms with Gasteiger partial charge in [-0.15, -0.1) is 0 Å². The maximum Gasteiger partial charge on any atom is 0.257 e. The van der Waals surface area contributed by atoms with Crippen molar-refractivity contribution < 1.29 is 17.2 Å². The fourth-order valence-electron chi connectivity index (χ4n) is 1.12. The lowest BCUT2D eigenvalue weighted by Gasteiger charge is -2.03. The highest BCUT2D eigenvalue weighted by Gasteiger charge is 2.16. The van der Waals surface area contributed by atoms with Crippen molar-refractivity contribution in [3.8, 4) is 0 Å². The summed E-state index contributed by atoms with van der Waals surface area (Å²) >= 11 is 0. The second-order valence-electron chi connectivity index (χ2n) is 3.29. The summed E-state index contributed by atoms with van der Waals surface area (Å²) in [6, 6.07) is 0. The first-order valence-electron chi connectivity index (χ1n) is 4.90. The predicted octanol–water partition coefficient (Wildman–Crippen LogP) is -0.354. The Morgan fingerprint density at radius 3 is 2.76 bits per heavy atom. The van der Waals surface area contributed by atoms with Crippen molar-refractivity contribution in [2.45, 2.75) is 17.9 Å². The first-order valence-corrected chi connectivity index (χ1v) is 6.39. The van der Waals surface area contributed by atoms with E-state index in [1.54, 1.807) is 7.05 Å². The van der Waals surface area contributed by atoms with Gasteiger partial charge in [-0.2, -0.15) is 5.10 Å². The van der Waals surface area contributed by atoms with Crippen molar-refractivity contribution in [3.63, 3.8) is 0 Å². The summed E-state index contributed by atoms with van der Waals surface area (Å²) in [7, 11) is -1.98. The minimum absolute atomic E-state index is 0.116. The van der Waals surface area contributed by atoms with Gasteiger partial charge in [0.15, 0.2) is 0 Å². The quantitative estimate of drug-likeness (QED) is 0.663. The van der Waals surface area contributed by atoms with Crippen molar-refractivity contribution >= 4 is 10.0 Å². The van der Waals surface area contributed by atoms with Gasteiger partial charge in [0.05, 0.1) is 6.20 Å². The van der Waals surface area contributed by atoms with Gasteiger partial charge in [-0.05, 0) is 7.05 Å². The smallest absolute Gasteiger partial charge is 0.257 e. The highest BCUT2D eigenvalue weighted by atomic mass is 32.2. The van der Waals surface area contributed by atoms with E-state index in [1.807, 2.05) is 0 Å². The molecule has 9 heteroatoms. The highest BCUT2D eigenvalue weighted by Crippen LogP contribution is 2.07. The molecular formula is C8H14F2N4O2S. The van der Waals surface area contributed by atoms with Crippen LogP contribution in [0.3, 0.4) is 0 Å². The van der Waals surface area contributed by atoms with Crippen LogP contribution in [0.25, 0.3) is 0 Å². The normalized spacial score (nSPS) is 12.2. The summed E-state index contributed by atoms with van der Waals surface area (Å²) in [6.45, 7) is 0.0787. The molecule has 1 aromatic rings. The molecule has 2 N–H and O–H groups in total. The van der Waals surface area contributed by atoms with Gasteiger partial charge < -0.3 is 5.32 Å². The molecule has 17 heavy (non-hydrogen) atoms. The van der Waals surface area contributed by atoms with E-state index in [1.165, 1.54) is 0 Å². The van der Waals surface area contributed by atoms with Crippen LogP contribution in [0, 0.1) is 0 Å². The van der Waals surface area contributed by atoms with Crippen LogP contribution in [0.5, 0.6) is 0 Å². The second-order valence-corrected chi connectivity index (χ2v) is 5.06. The zero-order valence-corrected chi connectivity index (χ0v) is 10.0. The molecule has 98 valence electrons. The molecule has 0 saturated carbocycles. The van der Waals surface area contributed by atoms with Crippen LogP contribution in [-0.4, -0.2) is 44.8 Å². The summed E-state index contributed by atoms with van der Waals surface area (Å²) < 4.78 is 50.5. The third-order valence-electron chi connectivity index (χ3n) is 1.91. The number of aromatic nitrogens is 2. The number of hydrogen-bond donors (Lipinski definition) is 2. The van der Waals surface area contributed by atoms with E-state index in [0.717, 1.165) is 17.1 Å². The summed E-state index contributed by atoms with van der Waals surface area (Å²) in [4.78, 5) is -0.116. The standard InChI is InChI=1S/C8H14F2N4O2S/c1-11-2-3-13-17(15,16)7-4-12-14(5-7)6-8(9)10/h4-5,8,11,13H,2-3,6H2,1H3. The van der Waals surface area contributed by atoms with E-state index in [2.05, 4.69) is 15.1 Å². The van der Waals surface area contributed by atoms with Gasteiger partial charge in [0.1, 0.15) is 11.4 Å². The molecular weight excluding hydrogens is 254 g/mol. The fourth-order valence-corrected chi connectivity index (χ4v) is 2.10. The molecule has 0 aliphatic carbocycles. The molecule has 0 fully saturated rings. The molecule has 0 aliphatic heterocycles. The summed E-state index contributed by atoms with van der Waals surface area (Å²) in [5, 5.41) is 6.33. The molecule has 0 unspecified atom stereocenters. The maximum absolute atomic E-state index is 12.0. The SMILES string of the molecule is CNCCNS(=O)(=O)c1cnn(CC(F)F)c1. The maximum atomic E-state index is 12.0. The Kier molecular flexibility index (Phi) is 4.97. The van der Waals surface area contributed by atoms with Gasteiger partial charge in [0, 0.05) is 19.3 Å². The number of hydrogen-bond acceptors (Lipinski definition) is 4. The van der Waals surface area contributed by atoms with Crippen molar-refractivity contribution in [1.29, 1.82) is 0 Å². The van der Waals surface area contributed by atoms with Crippen LogP contribution in [0.4, 0.5) is 8.78 Å². The Bertz CT molecular complexity index is 446. The number of sulfonamides is 1. The fraction of sp³-hybridized carbons (Fsp3) is 0.625. The Balaban J connectivity index is 2.68. The lowest BCUT2D eigenvalue weighted by atomic mass is 10.7. The van der Waals surface area contributed by atoms with E-state index in [-0.39, 0.29) is 11.4 Å². The van der Waals surface area contributed by atoms with E-state index >= 15 is 0 Å². The second kappa shape index (κ2) is 6.03. The van der Waals surface area contributed by atoms with Gasteiger partial charge in [0.25, 0.3) is 6.43 Å². The summed E-state index contributed by atoms with van der Waals surface area (Å²) in [6.07, 6.45) is -0.444. The Labute approximate surface area is 98.1 Å². The number of likely N-dealkylation sites (N-methyl/N-ethyl adjacent to an activating group) is 1. The number of halogens is 2. The average molecular weight is 268 g/mol. The van der Waals surface area contributed by atoms with E-state index in [0.29, 0.717) is 6.54 Å². The number of alkyl halides is 2. The third-order valence-corrected chi connectivity index (χ3v) is 3.33. The lowest BCUT2D eigenvalue weighted by molar-refractivity contribution is 0.121. The molecule has 0 aliphatic rings. The van der Waals surface area contributed by atoms with Gasteiger partial charge >= 0.3 is 0 Å². The molecule has 0 radical (unpaired) electrons. The zero-order valence-electron chi connectivity index (χ0n) is 9.23. The molecule has 0 spiro atoms. The molecule has 1 aromatic heterocycles. The minimum Gasteiger partial charge on any atom is -0.318 e. The van der Waals surface area contributed by atoms with Crippen LogP contribution < -0.4 is 10.0 Å². The zero-order chi connectivity index (χ0) is 12.9. The Morgan fingerprint density at radius 2 is 2.18 bits per heavy atom. The van der Waals surface area contributed by atoms with Crippen molar-refractivity contribution in [2.24, 2.45) is 0 Å². The molecule has 6 nitrogen and oxygen atoms in total. The lowest BCUT2D eigenvalue weighted by Crippen LogP contribution is -2.30. The minimum atomic E-state index is -3.67. The van der Waals surface area contributed by atoms with E-state index in [9.17, 15) is 17.2 Å². The molecule has 0 atom stereocenters. The van der Waals surface area contributed by atoms with Crippen LogP contribution in [0.1, 0.15) is 0 Å². The van der Waals surface area contributed by atoms with Crippen molar-refractivity contribution in [2.75, 3.05) is 20.1 Å². The molecule has 0 bridgehead atoms. The number of rotatable bonds is 7. The van der Waals surface area contributed by atoms with Crippen LogP contribution >= 0.6 is 0 Å². The van der Waals surface area contributed by atoms with Crippen LogP contribution in [-0.2, 0) is 16.6 Å². The molecule has 0 amide bonds. The molecule has 0 aromatic carbocycles. The average Bonchev–Trinajstić information content (AvgIpc) is 2.66. The van der Waals surface area contributed by atoms with Crippen LogP contribution in [0.2, 0.25) is 0 Å². The third kappa shape index (κ3) is 4.36. The largest absolute Gasteiger partial charge is 0.318 e. The van der Waals surface area contributed by atoms with Crippen molar-refractivity contribution in [1.82, 2.24) is 19.8 Å². The number of nitrogens with one attached hydrogen (secondary N) is 2. The Hall–Kier alpha value is -1.06. The van der Waals surface area contributed by atoms with Crippen molar-refractivity contribution in [3.05, 3.63) is 12.4 Å². The van der Waals surface area contributed by atoms with Gasteiger partial charge in [-0.3, -0.25) is 4.68 Å². The monoisotopic (exact) mass is 268 g/mol. The molecule has 1 rings (SSSR count). The highest BCUT2D eigenvalue weighted by molar-refractivity contribution is 7.89. The first kappa shape index (κ1) is 14.0. The van der Waals surface area contributed by atoms with Crippen LogP contribution in [0.15, 0.2) is 17.3 Å². The predicted molar refractivity (Wildman–Crippen MR) is 57.3 cm³/mol. The van der Waals surface area contributed by atoms with Gasteiger partial charge in [-0.25, -0.2) is 21.9 Å². The first-order chi connectivity index (χ1) is 7.95. The Morgan fingerprint density at radius 1 is 1.47 bits per heavy atom.